The minimum absolute atomic E-state index is 0.339. The van der Waals surface area contributed by atoms with Crippen molar-refractivity contribution >= 4 is 0 Å². The van der Waals surface area contributed by atoms with E-state index < -0.39 is 0 Å². The normalized spacial score (nSPS) is 24.9. The minimum atomic E-state index is 0.339. The Morgan fingerprint density at radius 2 is 2.00 bits per heavy atom. The smallest absolute Gasteiger partial charge is 0.0237 e. The van der Waals surface area contributed by atoms with Crippen molar-refractivity contribution < 1.29 is 0 Å². The number of nitrogens with zero attached hydrogens (tertiary/aromatic N) is 1. The van der Waals surface area contributed by atoms with E-state index in [9.17, 15) is 0 Å². The molecule has 0 amide bonds. The van der Waals surface area contributed by atoms with E-state index >= 15 is 0 Å². The predicted molar refractivity (Wildman–Crippen MR) is 82.1 cm³/mol. The van der Waals surface area contributed by atoms with Crippen LogP contribution in [-0.4, -0.2) is 24.0 Å². The van der Waals surface area contributed by atoms with Crippen LogP contribution in [0.25, 0.3) is 0 Å². The first-order valence-electron chi connectivity index (χ1n) is 7.49. The van der Waals surface area contributed by atoms with Crippen molar-refractivity contribution in [3.8, 4) is 0 Å². The average molecular weight is 260 g/mol. The zero-order valence-electron chi connectivity index (χ0n) is 12.8. The Hall–Kier alpha value is -0.860. The van der Waals surface area contributed by atoms with Crippen molar-refractivity contribution in [1.29, 1.82) is 0 Å². The zero-order chi connectivity index (χ0) is 14.0. The topological polar surface area (TPSA) is 29.3 Å². The van der Waals surface area contributed by atoms with Gasteiger partial charge in [0.1, 0.15) is 0 Å². The van der Waals surface area contributed by atoms with Crippen molar-refractivity contribution in [1.82, 2.24) is 4.90 Å². The molecule has 2 N–H and O–H groups in total. The summed E-state index contributed by atoms with van der Waals surface area (Å²) < 4.78 is 0. The molecular formula is C17H28N2. The number of hydrogen-bond donors (Lipinski definition) is 1. The number of aryl methyl sites for hydroxylation is 2. The molecule has 2 heteroatoms. The number of likely N-dealkylation sites (tertiary alicyclic amines) is 1. The molecule has 2 rings (SSSR count). The third kappa shape index (κ3) is 3.80. The molecule has 19 heavy (non-hydrogen) atoms. The SMILES string of the molecule is Cc1ccc(C)c(CN2CC(N)CC(C(C)C)C2)c1. The van der Waals surface area contributed by atoms with Gasteiger partial charge in [-0.15, -0.1) is 0 Å². The lowest BCUT2D eigenvalue weighted by molar-refractivity contribution is 0.123. The molecule has 0 aromatic heterocycles. The highest BCUT2D eigenvalue weighted by molar-refractivity contribution is 5.30. The van der Waals surface area contributed by atoms with E-state index in [2.05, 4.69) is 50.8 Å². The fourth-order valence-electron chi connectivity index (χ4n) is 3.10. The van der Waals surface area contributed by atoms with Crippen LogP contribution in [0.3, 0.4) is 0 Å². The molecule has 2 atom stereocenters. The Labute approximate surface area is 118 Å². The Kier molecular flexibility index (Phi) is 4.64. The van der Waals surface area contributed by atoms with Gasteiger partial charge in [-0.05, 0) is 43.2 Å². The van der Waals surface area contributed by atoms with Crippen LogP contribution in [0.5, 0.6) is 0 Å². The number of rotatable bonds is 3. The molecule has 1 aliphatic heterocycles. The fraction of sp³-hybridized carbons (Fsp3) is 0.647. The molecule has 1 heterocycles. The third-order valence-electron chi connectivity index (χ3n) is 4.43. The summed E-state index contributed by atoms with van der Waals surface area (Å²) in [5.74, 6) is 1.47. The highest BCUT2D eigenvalue weighted by Crippen LogP contribution is 2.25. The van der Waals surface area contributed by atoms with E-state index in [0.29, 0.717) is 6.04 Å². The predicted octanol–water partition coefficient (Wildman–Crippen LogP) is 3.11. The monoisotopic (exact) mass is 260 g/mol. The second-order valence-electron chi connectivity index (χ2n) is 6.62. The molecule has 0 spiro atoms. The van der Waals surface area contributed by atoms with E-state index in [1.165, 1.54) is 29.7 Å². The summed E-state index contributed by atoms with van der Waals surface area (Å²) >= 11 is 0. The van der Waals surface area contributed by atoms with Crippen LogP contribution in [0, 0.1) is 25.7 Å². The van der Waals surface area contributed by atoms with Gasteiger partial charge in [-0.2, -0.15) is 0 Å². The lowest BCUT2D eigenvalue weighted by Gasteiger charge is -2.38. The van der Waals surface area contributed by atoms with Crippen LogP contribution in [0.2, 0.25) is 0 Å². The Morgan fingerprint density at radius 1 is 1.26 bits per heavy atom. The minimum Gasteiger partial charge on any atom is -0.327 e. The van der Waals surface area contributed by atoms with Gasteiger partial charge in [-0.1, -0.05) is 37.6 Å². The van der Waals surface area contributed by atoms with Gasteiger partial charge in [-0.3, -0.25) is 4.90 Å². The number of nitrogens with two attached hydrogens (primary N) is 1. The van der Waals surface area contributed by atoms with E-state index in [1.807, 2.05) is 0 Å². The molecule has 106 valence electrons. The first kappa shape index (κ1) is 14.5. The average Bonchev–Trinajstić information content (AvgIpc) is 2.33. The van der Waals surface area contributed by atoms with Crippen LogP contribution >= 0.6 is 0 Å². The van der Waals surface area contributed by atoms with Crippen LogP contribution in [0.4, 0.5) is 0 Å². The van der Waals surface area contributed by atoms with Crippen molar-refractivity contribution in [3.63, 3.8) is 0 Å². The second-order valence-corrected chi connectivity index (χ2v) is 6.62. The van der Waals surface area contributed by atoms with E-state index in [1.54, 1.807) is 0 Å². The summed E-state index contributed by atoms with van der Waals surface area (Å²) in [6.45, 7) is 12.3. The molecule has 0 radical (unpaired) electrons. The maximum atomic E-state index is 6.23. The van der Waals surface area contributed by atoms with Gasteiger partial charge in [0.2, 0.25) is 0 Å². The van der Waals surface area contributed by atoms with Gasteiger partial charge in [0.15, 0.2) is 0 Å². The third-order valence-corrected chi connectivity index (χ3v) is 4.43. The summed E-state index contributed by atoms with van der Waals surface area (Å²) in [4.78, 5) is 2.54. The summed E-state index contributed by atoms with van der Waals surface area (Å²) in [6, 6.07) is 7.08. The largest absolute Gasteiger partial charge is 0.327 e. The van der Waals surface area contributed by atoms with Crippen LogP contribution in [0.15, 0.2) is 18.2 Å². The zero-order valence-corrected chi connectivity index (χ0v) is 12.8. The quantitative estimate of drug-likeness (QED) is 0.905. The highest BCUT2D eigenvalue weighted by atomic mass is 15.1. The van der Waals surface area contributed by atoms with Gasteiger partial charge >= 0.3 is 0 Å². The summed E-state index contributed by atoms with van der Waals surface area (Å²) in [5.41, 5.74) is 10.4. The second kappa shape index (κ2) is 6.06. The molecule has 2 unspecified atom stereocenters. The summed E-state index contributed by atoms with van der Waals surface area (Å²) in [5, 5.41) is 0. The van der Waals surface area contributed by atoms with Crippen LogP contribution in [-0.2, 0) is 6.54 Å². The molecule has 0 aliphatic carbocycles. The van der Waals surface area contributed by atoms with Gasteiger partial charge in [0.05, 0.1) is 0 Å². The van der Waals surface area contributed by atoms with Gasteiger partial charge in [0.25, 0.3) is 0 Å². The molecular weight excluding hydrogens is 232 g/mol. The Balaban J connectivity index is 2.07. The van der Waals surface area contributed by atoms with Gasteiger partial charge in [0, 0.05) is 25.7 Å². The maximum Gasteiger partial charge on any atom is 0.0237 e. The molecule has 1 fully saturated rings. The maximum absolute atomic E-state index is 6.23. The highest BCUT2D eigenvalue weighted by Gasteiger charge is 2.27. The molecule has 1 aromatic rings. The van der Waals surface area contributed by atoms with E-state index in [4.69, 9.17) is 5.73 Å². The first-order chi connectivity index (χ1) is 8.95. The van der Waals surface area contributed by atoms with Gasteiger partial charge in [-0.25, -0.2) is 0 Å². The van der Waals surface area contributed by atoms with Crippen molar-refractivity contribution in [2.45, 2.75) is 46.7 Å². The summed E-state index contributed by atoms with van der Waals surface area (Å²) in [6.07, 6.45) is 1.18. The molecule has 1 aliphatic rings. The van der Waals surface area contributed by atoms with Gasteiger partial charge < -0.3 is 5.73 Å². The lowest BCUT2D eigenvalue weighted by Crippen LogP contribution is -2.47. The van der Waals surface area contributed by atoms with Crippen molar-refractivity contribution in [2.24, 2.45) is 17.6 Å². The number of hydrogen-bond acceptors (Lipinski definition) is 2. The molecule has 0 saturated carbocycles. The molecule has 0 bridgehead atoms. The summed E-state index contributed by atoms with van der Waals surface area (Å²) in [7, 11) is 0. The lowest BCUT2D eigenvalue weighted by atomic mass is 9.85. The van der Waals surface area contributed by atoms with E-state index in [-0.39, 0.29) is 0 Å². The standard InChI is InChI=1S/C17H28N2/c1-12(2)15-8-17(18)11-19(9-15)10-16-7-13(3)5-6-14(16)4/h5-7,12,15,17H,8-11,18H2,1-4H3. The molecule has 2 nitrogen and oxygen atoms in total. The number of benzene rings is 1. The first-order valence-corrected chi connectivity index (χ1v) is 7.49. The Bertz CT molecular complexity index is 425. The van der Waals surface area contributed by atoms with Crippen molar-refractivity contribution in [2.75, 3.05) is 13.1 Å². The van der Waals surface area contributed by atoms with E-state index in [0.717, 1.165) is 24.9 Å². The van der Waals surface area contributed by atoms with Crippen LogP contribution in [0.1, 0.15) is 37.0 Å². The fourth-order valence-corrected chi connectivity index (χ4v) is 3.10. The molecule has 1 aromatic carbocycles. The van der Waals surface area contributed by atoms with Crippen molar-refractivity contribution in [3.05, 3.63) is 34.9 Å². The number of piperidine rings is 1. The molecule has 1 saturated heterocycles. The van der Waals surface area contributed by atoms with Crippen LogP contribution < -0.4 is 5.73 Å². The Morgan fingerprint density at radius 3 is 2.68 bits per heavy atom.